The lowest BCUT2D eigenvalue weighted by molar-refractivity contribution is -0.381. The summed E-state index contributed by atoms with van der Waals surface area (Å²) in [4.78, 5) is -0.458. The fraction of sp³-hybridized carbons (Fsp3) is 0.455. The average molecular weight is 343 g/mol. The summed E-state index contributed by atoms with van der Waals surface area (Å²) in [5, 5.41) is -5.58. The highest BCUT2D eigenvalue weighted by Crippen LogP contribution is 2.55. The van der Waals surface area contributed by atoms with Crippen LogP contribution in [0.1, 0.15) is 0 Å². The topological polar surface area (TPSA) is 0 Å². The molecule has 0 amide bonds. The minimum Gasteiger partial charge on any atom is -0.189 e. The Morgan fingerprint density at radius 1 is 0.714 bits per heavy atom. The maximum Gasteiger partial charge on any atom is 0.485 e. The van der Waals surface area contributed by atoms with E-state index in [1.807, 2.05) is 0 Å². The number of alkyl halides is 9. The maximum atomic E-state index is 13.6. The van der Waals surface area contributed by atoms with Crippen molar-refractivity contribution in [3.05, 3.63) is 30.3 Å². The molecule has 0 radical (unpaired) electrons. The van der Waals surface area contributed by atoms with Crippen LogP contribution in [-0.2, 0) is 10.9 Å². The first-order valence-corrected chi connectivity index (χ1v) is 6.81. The van der Waals surface area contributed by atoms with E-state index < -0.39 is 39.1 Å². The zero-order valence-electron chi connectivity index (χ0n) is 10.2. The van der Waals surface area contributed by atoms with Gasteiger partial charge in [0.05, 0.1) is 0 Å². The average Bonchev–Trinajstić information content (AvgIpc) is 2.37. The van der Waals surface area contributed by atoms with Crippen LogP contribution < -0.4 is 0 Å². The number of rotatable bonds is 4. The van der Waals surface area contributed by atoms with E-state index in [2.05, 4.69) is 0 Å². The molecule has 0 aliphatic rings. The highest BCUT2D eigenvalue weighted by molar-refractivity contribution is 7.97. The number of hydrogen-bond acceptors (Lipinski definition) is 0. The monoisotopic (exact) mass is 343 g/mol. The molecule has 21 heavy (non-hydrogen) atoms. The molecule has 1 atom stereocenters. The minimum atomic E-state index is -6.85. The summed E-state index contributed by atoms with van der Waals surface area (Å²) in [6.45, 7) is 0. The fourth-order valence-corrected chi connectivity index (χ4v) is 2.70. The summed E-state index contributed by atoms with van der Waals surface area (Å²) in [7, 11) is -2.86. The van der Waals surface area contributed by atoms with Gasteiger partial charge in [0.1, 0.15) is 17.2 Å². The zero-order chi connectivity index (χ0) is 16.7. The van der Waals surface area contributed by atoms with Crippen LogP contribution in [0, 0.1) is 0 Å². The molecule has 1 rings (SSSR count). The third kappa shape index (κ3) is 2.82. The summed E-state index contributed by atoms with van der Waals surface area (Å²) >= 11 is 0. The molecule has 10 heteroatoms. The lowest BCUT2D eigenvalue weighted by Gasteiger charge is -2.31. The fourth-order valence-electron chi connectivity index (χ4n) is 1.33. The Balaban J connectivity index is 3.28. The molecular formula is C11H8F9S+. The van der Waals surface area contributed by atoms with Crippen LogP contribution >= 0.6 is 0 Å². The number of hydrogen-bond donors (Lipinski definition) is 0. The van der Waals surface area contributed by atoms with Crippen LogP contribution in [0.4, 0.5) is 39.5 Å². The van der Waals surface area contributed by atoms with E-state index in [0.29, 0.717) is 6.26 Å². The van der Waals surface area contributed by atoms with Crippen molar-refractivity contribution in [3.63, 3.8) is 0 Å². The van der Waals surface area contributed by atoms with Crippen LogP contribution in [0.25, 0.3) is 0 Å². The van der Waals surface area contributed by atoms with E-state index in [4.69, 9.17) is 0 Å². The summed E-state index contributed by atoms with van der Waals surface area (Å²) in [5.41, 5.74) is 0. The molecule has 0 heterocycles. The Bertz CT molecular complexity index is 480. The molecule has 0 fully saturated rings. The van der Waals surface area contributed by atoms with Crippen LogP contribution in [-0.4, -0.2) is 29.5 Å². The third-order valence-corrected chi connectivity index (χ3v) is 4.60. The van der Waals surface area contributed by atoms with Gasteiger partial charge in [0.2, 0.25) is 0 Å². The first kappa shape index (κ1) is 18.0. The van der Waals surface area contributed by atoms with Gasteiger partial charge in [-0.15, -0.1) is 8.78 Å². The second kappa shape index (κ2) is 5.29. The zero-order valence-corrected chi connectivity index (χ0v) is 11.0. The normalized spacial score (nSPS) is 15.9. The Kier molecular flexibility index (Phi) is 4.53. The Labute approximate surface area is 116 Å². The van der Waals surface area contributed by atoms with Gasteiger partial charge < -0.3 is 0 Å². The smallest absolute Gasteiger partial charge is 0.189 e. The molecule has 1 unspecified atom stereocenters. The highest BCUT2D eigenvalue weighted by atomic mass is 32.2. The first-order chi connectivity index (χ1) is 9.27. The Morgan fingerprint density at radius 3 is 1.52 bits per heavy atom. The van der Waals surface area contributed by atoms with Crippen molar-refractivity contribution in [2.75, 3.05) is 6.26 Å². The standard InChI is InChI=1S/C11H8F9S/c1-21(7-5-3-2-4-6-7)11(19,20)9(14,15)8(12,13)10(16,17)18/h2-6H,1H3/q+1. The predicted octanol–water partition coefficient (Wildman–Crippen LogP) is 4.72. The molecule has 120 valence electrons. The van der Waals surface area contributed by atoms with Crippen LogP contribution in [0.2, 0.25) is 0 Å². The largest absolute Gasteiger partial charge is 0.485 e. The lowest BCUT2D eigenvalue weighted by Crippen LogP contribution is -2.63. The first-order valence-electron chi connectivity index (χ1n) is 5.18. The van der Waals surface area contributed by atoms with E-state index in [1.54, 1.807) is 0 Å². The van der Waals surface area contributed by atoms with E-state index in [0.717, 1.165) is 12.1 Å². The Morgan fingerprint density at radius 2 is 1.14 bits per heavy atom. The summed E-state index contributed by atoms with van der Waals surface area (Å²) in [6, 6.07) is 5.59. The van der Waals surface area contributed by atoms with Crippen molar-refractivity contribution in [1.29, 1.82) is 0 Å². The van der Waals surface area contributed by atoms with Crippen molar-refractivity contribution in [3.8, 4) is 0 Å². The molecule has 0 nitrogen and oxygen atoms in total. The molecule has 0 N–H and O–H groups in total. The molecule has 0 spiro atoms. The minimum absolute atomic E-state index is 0.458. The second-order valence-electron chi connectivity index (χ2n) is 3.99. The summed E-state index contributed by atoms with van der Waals surface area (Å²) < 4.78 is 115. The van der Waals surface area contributed by atoms with Crippen LogP contribution in [0.3, 0.4) is 0 Å². The van der Waals surface area contributed by atoms with Crippen molar-refractivity contribution in [2.45, 2.75) is 28.2 Å². The molecule has 1 aromatic rings. The Hall–Kier alpha value is -1.06. The quantitative estimate of drug-likeness (QED) is 0.548. The van der Waals surface area contributed by atoms with Crippen molar-refractivity contribution in [1.82, 2.24) is 0 Å². The second-order valence-corrected chi connectivity index (χ2v) is 5.99. The van der Waals surface area contributed by atoms with Crippen molar-refractivity contribution in [2.24, 2.45) is 0 Å². The van der Waals surface area contributed by atoms with Gasteiger partial charge in [-0.1, -0.05) is 18.2 Å². The van der Waals surface area contributed by atoms with Crippen molar-refractivity contribution < 1.29 is 39.5 Å². The molecule has 0 saturated heterocycles. The summed E-state index contributed by atoms with van der Waals surface area (Å²) in [5.74, 6) is -13.4. The number of benzene rings is 1. The van der Waals surface area contributed by atoms with Crippen LogP contribution in [0.5, 0.6) is 0 Å². The lowest BCUT2D eigenvalue weighted by atomic mass is 10.1. The van der Waals surface area contributed by atoms with E-state index in [1.165, 1.54) is 18.2 Å². The van der Waals surface area contributed by atoms with E-state index >= 15 is 0 Å². The number of halogens is 9. The highest BCUT2D eigenvalue weighted by Gasteiger charge is 2.87. The molecule has 0 aromatic heterocycles. The molecule has 0 saturated carbocycles. The van der Waals surface area contributed by atoms with Gasteiger partial charge in [-0.25, -0.2) is 0 Å². The van der Waals surface area contributed by atoms with E-state index in [-0.39, 0.29) is 0 Å². The molecule has 1 aromatic carbocycles. The predicted molar refractivity (Wildman–Crippen MR) is 58.9 cm³/mol. The third-order valence-electron chi connectivity index (χ3n) is 2.60. The van der Waals surface area contributed by atoms with Gasteiger partial charge in [-0.3, -0.25) is 0 Å². The van der Waals surface area contributed by atoms with Gasteiger partial charge in [-0.2, -0.15) is 30.7 Å². The molecule has 0 aliphatic heterocycles. The van der Waals surface area contributed by atoms with Gasteiger partial charge in [0.25, 0.3) is 0 Å². The molecular weight excluding hydrogens is 335 g/mol. The maximum absolute atomic E-state index is 13.6. The van der Waals surface area contributed by atoms with E-state index in [9.17, 15) is 39.5 Å². The molecule has 0 bridgehead atoms. The van der Waals surface area contributed by atoms with Gasteiger partial charge in [-0.05, 0) is 12.1 Å². The van der Waals surface area contributed by atoms with Crippen molar-refractivity contribution >= 4 is 10.9 Å². The van der Waals surface area contributed by atoms with Gasteiger partial charge in [0, 0.05) is 0 Å². The van der Waals surface area contributed by atoms with Crippen LogP contribution in [0.15, 0.2) is 35.2 Å². The summed E-state index contributed by atoms with van der Waals surface area (Å²) in [6.07, 6.45) is -6.31. The van der Waals surface area contributed by atoms with Gasteiger partial charge >= 0.3 is 23.3 Å². The van der Waals surface area contributed by atoms with Gasteiger partial charge in [0.15, 0.2) is 4.90 Å². The SMILES string of the molecule is C[S+](c1ccccc1)C(F)(F)C(F)(F)C(F)(F)C(F)(F)F. The molecule has 0 aliphatic carbocycles.